The number of para-hydroxylation sites is 1. The standard InChI is InChI=1S/C20H18ClN3O2/c1-26-18-9-5-6-14-13-23(11-10-16(14)18)17-12-22-24(20(25)19(17)21)15-7-3-2-4-8-15/h2-9,12H,10-11,13H2,1H3. The number of fused-ring (bicyclic) bond motifs is 1. The third-order valence-corrected chi connectivity index (χ3v) is 5.04. The van der Waals surface area contributed by atoms with E-state index in [9.17, 15) is 4.79 Å². The number of aromatic nitrogens is 2. The zero-order valence-electron chi connectivity index (χ0n) is 14.4. The Bertz CT molecular complexity index is 1000. The molecular formula is C20H18ClN3O2. The second kappa shape index (κ2) is 6.84. The van der Waals surface area contributed by atoms with Gasteiger partial charge in [-0.3, -0.25) is 4.79 Å². The van der Waals surface area contributed by atoms with Gasteiger partial charge in [0.2, 0.25) is 0 Å². The van der Waals surface area contributed by atoms with E-state index in [1.54, 1.807) is 13.3 Å². The normalized spacial score (nSPS) is 13.4. The van der Waals surface area contributed by atoms with E-state index in [0.29, 0.717) is 17.9 Å². The van der Waals surface area contributed by atoms with Crippen LogP contribution in [-0.2, 0) is 13.0 Å². The van der Waals surface area contributed by atoms with E-state index in [4.69, 9.17) is 16.3 Å². The van der Waals surface area contributed by atoms with Crippen LogP contribution >= 0.6 is 11.6 Å². The fourth-order valence-corrected chi connectivity index (χ4v) is 3.62. The predicted molar refractivity (Wildman–Crippen MR) is 103 cm³/mol. The number of methoxy groups -OCH3 is 1. The molecule has 0 atom stereocenters. The summed E-state index contributed by atoms with van der Waals surface area (Å²) in [5.74, 6) is 0.908. The Morgan fingerprint density at radius 2 is 1.92 bits per heavy atom. The van der Waals surface area contributed by atoms with Gasteiger partial charge in [-0.1, -0.05) is 41.9 Å². The molecule has 0 amide bonds. The third kappa shape index (κ3) is 2.84. The van der Waals surface area contributed by atoms with E-state index in [0.717, 1.165) is 18.7 Å². The zero-order chi connectivity index (χ0) is 18.1. The lowest BCUT2D eigenvalue weighted by molar-refractivity contribution is 0.407. The van der Waals surface area contributed by atoms with Gasteiger partial charge in [-0.05, 0) is 30.2 Å². The minimum atomic E-state index is -0.313. The highest BCUT2D eigenvalue weighted by atomic mass is 35.5. The molecule has 1 aromatic heterocycles. The summed E-state index contributed by atoms with van der Waals surface area (Å²) >= 11 is 6.43. The zero-order valence-corrected chi connectivity index (χ0v) is 15.1. The molecule has 0 N–H and O–H groups in total. The van der Waals surface area contributed by atoms with Crippen molar-refractivity contribution in [2.45, 2.75) is 13.0 Å². The summed E-state index contributed by atoms with van der Waals surface area (Å²) in [6.07, 6.45) is 2.50. The summed E-state index contributed by atoms with van der Waals surface area (Å²) in [5, 5.41) is 4.52. The quantitative estimate of drug-likeness (QED) is 0.711. The van der Waals surface area contributed by atoms with Gasteiger partial charge in [0.25, 0.3) is 5.56 Å². The molecule has 0 saturated heterocycles. The Labute approximate surface area is 156 Å². The molecule has 1 aliphatic heterocycles. The Balaban J connectivity index is 1.69. The highest BCUT2D eigenvalue weighted by Crippen LogP contribution is 2.32. The third-order valence-electron chi connectivity index (χ3n) is 4.68. The van der Waals surface area contributed by atoms with Crippen molar-refractivity contribution in [3.8, 4) is 11.4 Å². The smallest absolute Gasteiger partial charge is 0.292 e. The summed E-state index contributed by atoms with van der Waals surface area (Å²) in [6, 6.07) is 15.3. The van der Waals surface area contributed by atoms with Crippen molar-refractivity contribution >= 4 is 17.3 Å². The van der Waals surface area contributed by atoms with Crippen LogP contribution in [0.25, 0.3) is 5.69 Å². The van der Waals surface area contributed by atoms with E-state index in [-0.39, 0.29) is 10.6 Å². The van der Waals surface area contributed by atoms with Crippen LogP contribution in [0.1, 0.15) is 11.1 Å². The first-order chi connectivity index (χ1) is 12.7. The molecule has 0 aliphatic carbocycles. The summed E-state index contributed by atoms with van der Waals surface area (Å²) in [6.45, 7) is 1.42. The molecule has 0 bridgehead atoms. The van der Waals surface area contributed by atoms with Gasteiger partial charge in [0.05, 0.1) is 24.7 Å². The Hall–Kier alpha value is -2.79. The van der Waals surface area contributed by atoms with Crippen LogP contribution in [0.5, 0.6) is 5.75 Å². The van der Waals surface area contributed by atoms with Gasteiger partial charge in [0.1, 0.15) is 10.8 Å². The van der Waals surface area contributed by atoms with Crippen molar-refractivity contribution in [3.63, 3.8) is 0 Å². The van der Waals surface area contributed by atoms with Gasteiger partial charge in [0, 0.05) is 18.7 Å². The Kier molecular flexibility index (Phi) is 4.39. The van der Waals surface area contributed by atoms with Crippen LogP contribution in [0, 0.1) is 0 Å². The number of hydrogen-bond donors (Lipinski definition) is 0. The Morgan fingerprint density at radius 3 is 2.69 bits per heavy atom. The molecule has 4 rings (SSSR count). The van der Waals surface area contributed by atoms with E-state index in [1.165, 1.54) is 15.8 Å². The molecule has 26 heavy (non-hydrogen) atoms. The summed E-state index contributed by atoms with van der Waals surface area (Å²) < 4.78 is 6.78. The van der Waals surface area contributed by atoms with Crippen molar-refractivity contribution in [2.75, 3.05) is 18.6 Å². The number of halogens is 1. The molecule has 0 fully saturated rings. The Morgan fingerprint density at radius 1 is 1.12 bits per heavy atom. The van der Waals surface area contributed by atoms with Crippen molar-refractivity contribution in [1.82, 2.24) is 9.78 Å². The second-order valence-corrected chi connectivity index (χ2v) is 6.54. The molecule has 0 spiro atoms. The largest absolute Gasteiger partial charge is 0.496 e. The minimum absolute atomic E-state index is 0.190. The summed E-state index contributed by atoms with van der Waals surface area (Å²) in [4.78, 5) is 14.8. The molecule has 1 aliphatic rings. The van der Waals surface area contributed by atoms with Gasteiger partial charge in [-0.15, -0.1) is 0 Å². The first-order valence-corrected chi connectivity index (χ1v) is 8.80. The maximum Gasteiger partial charge on any atom is 0.292 e. The topological polar surface area (TPSA) is 47.4 Å². The molecule has 2 heterocycles. The van der Waals surface area contributed by atoms with Gasteiger partial charge in [0.15, 0.2) is 0 Å². The first kappa shape index (κ1) is 16.7. The average Bonchev–Trinajstić information content (AvgIpc) is 2.69. The lowest BCUT2D eigenvalue weighted by Crippen LogP contribution is -2.33. The molecular weight excluding hydrogens is 350 g/mol. The van der Waals surface area contributed by atoms with Crippen LogP contribution in [0.2, 0.25) is 5.02 Å². The van der Waals surface area contributed by atoms with Crippen molar-refractivity contribution in [1.29, 1.82) is 0 Å². The molecule has 2 aromatic carbocycles. The molecule has 6 heteroatoms. The van der Waals surface area contributed by atoms with Crippen molar-refractivity contribution in [2.24, 2.45) is 0 Å². The van der Waals surface area contributed by atoms with E-state index in [2.05, 4.69) is 16.1 Å². The number of benzene rings is 2. The van der Waals surface area contributed by atoms with Crippen LogP contribution < -0.4 is 15.2 Å². The van der Waals surface area contributed by atoms with Gasteiger partial charge in [-0.2, -0.15) is 9.78 Å². The van der Waals surface area contributed by atoms with Crippen LogP contribution in [0.3, 0.4) is 0 Å². The SMILES string of the molecule is COc1cccc2c1CCN(c1cnn(-c3ccccc3)c(=O)c1Cl)C2. The summed E-state index contributed by atoms with van der Waals surface area (Å²) in [5.41, 5.74) is 3.44. The molecule has 3 aromatic rings. The number of ether oxygens (including phenoxy) is 1. The second-order valence-electron chi connectivity index (χ2n) is 6.17. The van der Waals surface area contributed by atoms with Crippen LogP contribution in [-0.4, -0.2) is 23.4 Å². The van der Waals surface area contributed by atoms with Crippen LogP contribution in [0.4, 0.5) is 5.69 Å². The van der Waals surface area contributed by atoms with Gasteiger partial charge in [-0.25, -0.2) is 0 Å². The molecule has 5 nitrogen and oxygen atoms in total. The van der Waals surface area contributed by atoms with Crippen molar-refractivity contribution < 1.29 is 4.74 Å². The van der Waals surface area contributed by atoms with E-state index < -0.39 is 0 Å². The summed E-state index contributed by atoms with van der Waals surface area (Å²) in [7, 11) is 1.69. The number of rotatable bonds is 3. The first-order valence-electron chi connectivity index (χ1n) is 8.42. The lowest BCUT2D eigenvalue weighted by Gasteiger charge is -2.31. The molecule has 0 unspecified atom stereocenters. The number of nitrogens with zero attached hydrogens (tertiary/aromatic N) is 3. The van der Waals surface area contributed by atoms with Crippen LogP contribution in [0.15, 0.2) is 59.5 Å². The maximum absolute atomic E-state index is 12.7. The van der Waals surface area contributed by atoms with Crippen molar-refractivity contribution in [3.05, 3.63) is 81.2 Å². The highest BCUT2D eigenvalue weighted by Gasteiger charge is 2.23. The monoisotopic (exact) mass is 367 g/mol. The molecule has 0 radical (unpaired) electrons. The average molecular weight is 368 g/mol. The fourth-order valence-electron chi connectivity index (χ4n) is 3.37. The fraction of sp³-hybridized carbons (Fsp3) is 0.200. The molecule has 0 saturated carbocycles. The highest BCUT2D eigenvalue weighted by molar-refractivity contribution is 6.33. The maximum atomic E-state index is 12.7. The van der Waals surface area contributed by atoms with E-state index in [1.807, 2.05) is 42.5 Å². The lowest BCUT2D eigenvalue weighted by atomic mass is 9.98. The predicted octanol–water partition coefficient (Wildman–Crippen LogP) is 3.46. The molecule has 132 valence electrons. The number of hydrogen-bond acceptors (Lipinski definition) is 4. The van der Waals surface area contributed by atoms with E-state index >= 15 is 0 Å². The van der Waals surface area contributed by atoms with Gasteiger partial charge < -0.3 is 9.64 Å². The number of anilines is 1. The van der Waals surface area contributed by atoms with Gasteiger partial charge >= 0.3 is 0 Å². The minimum Gasteiger partial charge on any atom is -0.496 e.